The number of nitrogens with one attached hydrogen (secondary N) is 1. The molecule has 0 saturated carbocycles. The summed E-state index contributed by atoms with van der Waals surface area (Å²) in [5, 5.41) is 3.59. The van der Waals surface area contributed by atoms with Crippen LogP contribution in [0, 0.1) is 5.92 Å². The Morgan fingerprint density at radius 1 is 1.35 bits per heavy atom. The highest BCUT2D eigenvalue weighted by atomic mass is 32.2. The van der Waals surface area contributed by atoms with Crippen molar-refractivity contribution >= 4 is 32.7 Å². The van der Waals surface area contributed by atoms with Crippen LogP contribution in [0.2, 0.25) is 0 Å². The Bertz CT molecular complexity index is 645. The van der Waals surface area contributed by atoms with Gasteiger partial charge in [-0.3, -0.25) is 0 Å². The van der Waals surface area contributed by atoms with Gasteiger partial charge in [0.05, 0.1) is 10.9 Å². The first-order valence-corrected chi connectivity index (χ1v) is 9.51. The third kappa shape index (κ3) is 3.48. The largest absolute Gasteiger partial charge is 0.326 e. The first-order chi connectivity index (χ1) is 9.44. The molecule has 0 aliphatic carbocycles. The van der Waals surface area contributed by atoms with Gasteiger partial charge in [0.1, 0.15) is 0 Å². The van der Waals surface area contributed by atoms with Crippen molar-refractivity contribution in [2.75, 3.05) is 0 Å². The standard InChI is InChI=1S/C13H18N2O2S3/c1-9(2)13(12-4-3-5-18-12)15-20(16,17)11-6-10(7-14)19-8-11/h3-6,8-9,13,15H,7,14H2,1-2H3. The Kier molecular flexibility index (Phi) is 4.98. The van der Waals surface area contributed by atoms with Gasteiger partial charge in [0, 0.05) is 21.7 Å². The molecule has 0 radical (unpaired) electrons. The summed E-state index contributed by atoms with van der Waals surface area (Å²) in [5.41, 5.74) is 5.53. The zero-order valence-corrected chi connectivity index (χ0v) is 13.8. The monoisotopic (exact) mass is 330 g/mol. The molecular weight excluding hydrogens is 312 g/mol. The van der Waals surface area contributed by atoms with Gasteiger partial charge in [-0.15, -0.1) is 22.7 Å². The van der Waals surface area contributed by atoms with Gasteiger partial charge in [-0.05, 0) is 23.4 Å². The summed E-state index contributed by atoms with van der Waals surface area (Å²) in [5.74, 6) is 0.177. The maximum absolute atomic E-state index is 12.4. The van der Waals surface area contributed by atoms with E-state index in [0.29, 0.717) is 11.4 Å². The normalized spacial score (nSPS) is 13.8. The van der Waals surface area contributed by atoms with Crippen LogP contribution in [-0.2, 0) is 16.6 Å². The van der Waals surface area contributed by atoms with E-state index in [1.165, 1.54) is 11.3 Å². The summed E-state index contributed by atoms with van der Waals surface area (Å²) in [7, 11) is -3.51. The second-order valence-corrected chi connectivity index (χ2v) is 8.50. The second-order valence-electron chi connectivity index (χ2n) is 4.81. The lowest BCUT2D eigenvalue weighted by Crippen LogP contribution is -2.31. The smallest absolute Gasteiger partial charge is 0.241 e. The summed E-state index contributed by atoms with van der Waals surface area (Å²) < 4.78 is 27.7. The van der Waals surface area contributed by atoms with Gasteiger partial charge < -0.3 is 5.73 Å². The molecule has 0 aliphatic heterocycles. The molecule has 2 aromatic rings. The van der Waals surface area contributed by atoms with E-state index >= 15 is 0 Å². The highest BCUT2D eigenvalue weighted by molar-refractivity contribution is 7.89. The first-order valence-electron chi connectivity index (χ1n) is 6.27. The van der Waals surface area contributed by atoms with Crippen LogP contribution in [0.15, 0.2) is 33.9 Å². The van der Waals surface area contributed by atoms with Crippen LogP contribution in [0.4, 0.5) is 0 Å². The molecule has 0 aromatic carbocycles. The quantitative estimate of drug-likeness (QED) is 0.855. The van der Waals surface area contributed by atoms with Gasteiger partial charge in [0.15, 0.2) is 0 Å². The van der Waals surface area contributed by atoms with Gasteiger partial charge in [-0.25, -0.2) is 13.1 Å². The average molecular weight is 330 g/mol. The molecule has 0 fully saturated rings. The Labute approximate surface area is 127 Å². The Hall–Kier alpha value is -0.730. The topological polar surface area (TPSA) is 72.2 Å². The highest BCUT2D eigenvalue weighted by Gasteiger charge is 2.25. The lowest BCUT2D eigenvalue weighted by Gasteiger charge is -2.20. The SMILES string of the molecule is CC(C)C(NS(=O)(=O)c1csc(CN)c1)c1cccs1. The fourth-order valence-electron chi connectivity index (χ4n) is 1.83. The van der Waals surface area contributed by atoms with Gasteiger partial charge in [-0.2, -0.15) is 0 Å². The summed E-state index contributed by atoms with van der Waals surface area (Å²) in [6.45, 7) is 4.37. The molecular formula is C13H18N2O2S3. The van der Waals surface area contributed by atoms with Crippen molar-refractivity contribution in [1.82, 2.24) is 4.72 Å². The zero-order valence-electron chi connectivity index (χ0n) is 11.4. The van der Waals surface area contributed by atoms with Crippen LogP contribution >= 0.6 is 22.7 Å². The average Bonchev–Trinajstić information content (AvgIpc) is 3.06. The third-order valence-corrected chi connectivity index (χ3v) is 6.42. The molecule has 7 heteroatoms. The van der Waals surface area contributed by atoms with E-state index in [4.69, 9.17) is 5.73 Å². The van der Waals surface area contributed by atoms with E-state index in [-0.39, 0.29) is 12.0 Å². The summed E-state index contributed by atoms with van der Waals surface area (Å²) in [6.07, 6.45) is 0. The molecule has 0 bridgehead atoms. The van der Waals surface area contributed by atoms with Crippen molar-refractivity contribution in [3.63, 3.8) is 0 Å². The minimum atomic E-state index is -3.51. The van der Waals surface area contributed by atoms with Crippen molar-refractivity contribution in [1.29, 1.82) is 0 Å². The molecule has 0 amide bonds. The van der Waals surface area contributed by atoms with Crippen LogP contribution in [-0.4, -0.2) is 8.42 Å². The van der Waals surface area contributed by atoms with E-state index in [1.807, 2.05) is 31.4 Å². The van der Waals surface area contributed by atoms with E-state index in [2.05, 4.69) is 4.72 Å². The van der Waals surface area contributed by atoms with Gasteiger partial charge in [0.2, 0.25) is 10.0 Å². The van der Waals surface area contributed by atoms with Crippen molar-refractivity contribution in [2.45, 2.75) is 31.3 Å². The molecule has 2 heterocycles. The van der Waals surface area contributed by atoms with Crippen molar-refractivity contribution < 1.29 is 8.42 Å². The first kappa shape index (κ1) is 15.7. The lowest BCUT2D eigenvalue weighted by molar-refractivity contribution is 0.469. The fraction of sp³-hybridized carbons (Fsp3) is 0.385. The molecule has 0 spiro atoms. The highest BCUT2D eigenvalue weighted by Crippen LogP contribution is 2.28. The number of hydrogen-bond donors (Lipinski definition) is 2. The third-order valence-electron chi connectivity index (χ3n) is 2.94. The second kappa shape index (κ2) is 6.36. The molecule has 2 aromatic heterocycles. The van der Waals surface area contributed by atoms with Crippen LogP contribution in [0.25, 0.3) is 0 Å². The molecule has 0 saturated heterocycles. The van der Waals surface area contributed by atoms with Crippen LogP contribution in [0.5, 0.6) is 0 Å². The molecule has 2 rings (SSSR count). The molecule has 110 valence electrons. The van der Waals surface area contributed by atoms with Crippen molar-refractivity contribution in [3.05, 3.63) is 38.7 Å². The molecule has 0 aliphatic rings. The maximum atomic E-state index is 12.4. The van der Waals surface area contributed by atoms with Crippen LogP contribution < -0.4 is 10.5 Å². The van der Waals surface area contributed by atoms with Gasteiger partial charge in [-0.1, -0.05) is 19.9 Å². The Balaban J connectivity index is 2.25. The van der Waals surface area contributed by atoms with E-state index in [0.717, 1.165) is 9.75 Å². The molecule has 4 nitrogen and oxygen atoms in total. The van der Waals surface area contributed by atoms with E-state index in [1.54, 1.807) is 22.8 Å². The summed E-state index contributed by atoms with van der Waals surface area (Å²) in [4.78, 5) is 2.19. The molecule has 20 heavy (non-hydrogen) atoms. The van der Waals surface area contributed by atoms with Crippen LogP contribution in [0.3, 0.4) is 0 Å². The zero-order chi connectivity index (χ0) is 14.8. The minimum Gasteiger partial charge on any atom is -0.326 e. The van der Waals surface area contributed by atoms with E-state index in [9.17, 15) is 8.42 Å². The van der Waals surface area contributed by atoms with Gasteiger partial charge >= 0.3 is 0 Å². The van der Waals surface area contributed by atoms with Crippen LogP contribution in [0.1, 0.15) is 29.6 Å². The van der Waals surface area contributed by atoms with Crippen molar-refractivity contribution in [2.24, 2.45) is 11.7 Å². The summed E-state index contributed by atoms with van der Waals surface area (Å²) >= 11 is 2.93. The number of rotatable bonds is 6. The fourth-order valence-corrected chi connectivity index (χ4v) is 5.38. The Morgan fingerprint density at radius 2 is 2.10 bits per heavy atom. The minimum absolute atomic E-state index is 0.177. The van der Waals surface area contributed by atoms with E-state index < -0.39 is 10.0 Å². The maximum Gasteiger partial charge on any atom is 0.241 e. The number of thiophene rings is 2. The van der Waals surface area contributed by atoms with Crippen molar-refractivity contribution in [3.8, 4) is 0 Å². The number of hydrogen-bond acceptors (Lipinski definition) is 5. The van der Waals surface area contributed by atoms with Gasteiger partial charge in [0.25, 0.3) is 0 Å². The molecule has 1 unspecified atom stereocenters. The number of sulfonamides is 1. The summed E-state index contributed by atoms with van der Waals surface area (Å²) in [6, 6.07) is 5.32. The molecule has 3 N–H and O–H groups in total. The Morgan fingerprint density at radius 3 is 2.60 bits per heavy atom. The molecule has 1 atom stereocenters. The lowest BCUT2D eigenvalue weighted by atomic mass is 10.0. The predicted molar refractivity (Wildman–Crippen MR) is 84.4 cm³/mol. The number of nitrogens with two attached hydrogens (primary N) is 1. The predicted octanol–water partition coefficient (Wildman–Crippen LogP) is 2.94.